The van der Waals surface area contributed by atoms with E-state index in [2.05, 4.69) is 5.32 Å². The topological polar surface area (TPSA) is 76.4 Å². The standard InChI is InChI=1S/C15H16ClNO4S/c1-2-15(18)17-10-14(13-4-3-9-21-13)22(19,20)12-7-5-11(16)6-8-12/h3-9,14H,2,10H2,1H3,(H,17,18). The van der Waals surface area contributed by atoms with Crippen LogP contribution in [0.2, 0.25) is 5.02 Å². The Morgan fingerprint density at radius 2 is 1.95 bits per heavy atom. The van der Waals surface area contributed by atoms with Crippen molar-refractivity contribution in [1.82, 2.24) is 5.32 Å². The molecule has 1 aromatic heterocycles. The molecule has 2 rings (SSSR count). The highest BCUT2D eigenvalue weighted by Gasteiger charge is 2.31. The first-order chi connectivity index (χ1) is 10.4. The van der Waals surface area contributed by atoms with E-state index in [9.17, 15) is 13.2 Å². The molecule has 0 saturated carbocycles. The van der Waals surface area contributed by atoms with Crippen LogP contribution >= 0.6 is 11.6 Å². The minimum absolute atomic E-state index is 0.0504. The zero-order chi connectivity index (χ0) is 16.2. The molecule has 0 radical (unpaired) electrons. The molecule has 0 fully saturated rings. The summed E-state index contributed by atoms with van der Waals surface area (Å²) in [6.07, 6.45) is 1.69. The largest absolute Gasteiger partial charge is 0.468 e. The molecule has 22 heavy (non-hydrogen) atoms. The Balaban J connectivity index is 2.35. The van der Waals surface area contributed by atoms with E-state index in [-0.39, 0.29) is 29.5 Å². The van der Waals surface area contributed by atoms with Crippen LogP contribution in [0, 0.1) is 0 Å². The first-order valence-electron chi connectivity index (χ1n) is 6.74. The monoisotopic (exact) mass is 341 g/mol. The van der Waals surface area contributed by atoms with Crippen LogP contribution in [0.15, 0.2) is 52.0 Å². The van der Waals surface area contributed by atoms with Crippen LogP contribution in [0.3, 0.4) is 0 Å². The van der Waals surface area contributed by atoms with Crippen molar-refractivity contribution in [3.05, 3.63) is 53.4 Å². The summed E-state index contributed by atoms with van der Waals surface area (Å²) in [6.45, 7) is 1.65. The van der Waals surface area contributed by atoms with Crippen LogP contribution in [-0.2, 0) is 14.6 Å². The van der Waals surface area contributed by atoms with Gasteiger partial charge >= 0.3 is 0 Å². The Kier molecular flexibility index (Phi) is 5.26. The van der Waals surface area contributed by atoms with Gasteiger partial charge in [0.15, 0.2) is 9.84 Å². The van der Waals surface area contributed by atoms with Gasteiger partial charge in [-0.3, -0.25) is 4.79 Å². The Labute approximate surface area is 134 Å². The van der Waals surface area contributed by atoms with Crippen molar-refractivity contribution < 1.29 is 17.6 Å². The predicted molar refractivity (Wildman–Crippen MR) is 83.4 cm³/mol. The normalized spacial score (nSPS) is 12.8. The molecule has 0 saturated heterocycles. The molecule has 7 heteroatoms. The second-order valence-corrected chi connectivity index (χ2v) is 7.23. The van der Waals surface area contributed by atoms with Gasteiger partial charge in [-0.25, -0.2) is 8.42 Å². The highest BCUT2D eigenvalue weighted by atomic mass is 35.5. The van der Waals surface area contributed by atoms with Crippen LogP contribution in [0.4, 0.5) is 0 Å². The second-order valence-electron chi connectivity index (χ2n) is 4.66. The fourth-order valence-corrected chi connectivity index (χ4v) is 3.67. The van der Waals surface area contributed by atoms with E-state index >= 15 is 0 Å². The zero-order valence-electron chi connectivity index (χ0n) is 12.0. The van der Waals surface area contributed by atoms with E-state index in [1.54, 1.807) is 19.1 Å². The molecule has 0 spiro atoms. The highest BCUT2D eigenvalue weighted by molar-refractivity contribution is 7.91. The average Bonchev–Trinajstić information content (AvgIpc) is 3.01. The summed E-state index contributed by atoms with van der Waals surface area (Å²) in [6, 6.07) is 9.10. The Morgan fingerprint density at radius 3 is 2.50 bits per heavy atom. The number of benzene rings is 1. The van der Waals surface area contributed by atoms with E-state index in [0.717, 1.165) is 0 Å². The van der Waals surface area contributed by atoms with Crippen LogP contribution in [0.25, 0.3) is 0 Å². The van der Waals surface area contributed by atoms with E-state index < -0.39 is 15.1 Å². The van der Waals surface area contributed by atoms with Crippen LogP contribution in [0.5, 0.6) is 0 Å². The van der Waals surface area contributed by atoms with Crippen LogP contribution in [0.1, 0.15) is 24.4 Å². The lowest BCUT2D eigenvalue weighted by Gasteiger charge is -2.16. The third-order valence-corrected chi connectivity index (χ3v) is 5.51. The van der Waals surface area contributed by atoms with E-state index in [1.165, 1.54) is 30.5 Å². The Hall–Kier alpha value is -1.79. The molecule has 0 bridgehead atoms. The number of carbonyl (C=O) groups excluding carboxylic acids is 1. The van der Waals surface area contributed by atoms with Gasteiger partial charge in [-0.2, -0.15) is 0 Å². The SMILES string of the molecule is CCC(=O)NCC(c1ccco1)S(=O)(=O)c1ccc(Cl)cc1. The number of furan rings is 1. The third-order valence-electron chi connectivity index (χ3n) is 3.18. The molecular formula is C15H16ClNO4S. The molecule has 0 aliphatic rings. The van der Waals surface area contributed by atoms with Crippen molar-refractivity contribution in [2.24, 2.45) is 0 Å². The number of hydrogen-bond donors (Lipinski definition) is 1. The lowest BCUT2D eigenvalue weighted by molar-refractivity contribution is -0.120. The maximum atomic E-state index is 12.8. The fraction of sp³-hybridized carbons (Fsp3) is 0.267. The first-order valence-corrected chi connectivity index (χ1v) is 8.67. The van der Waals surface area contributed by atoms with Crippen LogP contribution in [-0.4, -0.2) is 20.9 Å². The van der Waals surface area contributed by atoms with Gasteiger partial charge in [0.2, 0.25) is 5.91 Å². The molecule has 1 N–H and O–H groups in total. The molecule has 5 nitrogen and oxygen atoms in total. The number of hydrogen-bond acceptors (Lipinski definition) is 4. The van der Waals surface area contributed by atoms with Gasteiger partial charge in [0, 0.05) is 18.0 Å². The number of nitrogens with one attached hydrogen (secondary N) is 1. The zero-order valence-corrected chi connectivity index (χ0v) is 13.5. The van der Waals surface area contributed by atoms with E-state index in [4.69, 9.17) is 16.0 Å². The smallest absolute Gasteiger partial charge is 0.219 e. The lowest BCUT2D eigenvalue weighted by Crippen LogP contribution is -2.31. The summed E-state index contributed by atoms with van der Waals surface area (Å²) in [5.74, 6) is 0.0641. The molecular weight excluding hydrogens is 326 g/mol. The van der Waals surface area contributed by atoms with Crippen molar-refractivity contribution in [2.45, 2.75) is 23.5 Å². The summed E-state index contributed by atoms with van der Waals surface area (Å²) in [5.41, 5.74) is 0. The number of sulfone groups is 1. The van der Waals surface area contributed by atoms with Crippen molar-refractivity contribution >= 4 is 27.3 Å². The molecule has 0 aliphatic carbocycles. The molecule has 1 heterocycles. The van der Waals surface area contributed by atoms with Crippen LogP contribution < -0.4 is 5.32 Å². The predicted octanol–water partition coefficient (Wildman–Crippen LogP) is 2.97. The van der Waals surface area contributed by atoms with Gasteiger partial charge in [-0.15, -0.1) is 0 Å². The molecule has 118 valence electrons. The number of rotatable bonds is 6. The summed E-state index contributed by atoms with van der Waals surface area (Å²) in [5, 5.41) is 2.07. The number of carbonyl (C=O) groups is 1. The summed E-state index contributed by atoms with van der Waals surface area (Å²) >= 11 is 5.79. The minimum atomic E-state index is -3.71. The maximum Gasteiger partial charge on any atom is 0.219 e. The van der Waals surface area contributed by atoms with E-state index in [0.29, 0.717) is 5.02 Å². The summed E-state index contributed by atoms with van der Waals surface area (Å²) in [4.78, 5) is 11.6. The molecule has 0 aliphatic heterocycles. The minimum Gasteiger partial charge on any atom is -0.468 e. The summed E-state index contributed by atoms with van der Waals surface area (Å²) in [7, 11) is -3.71. The quantitative estimate of drug-likeness (QED) is 0.876. The Morgan fingerprint density at radius 1 is 1.27 bits per heavy atom. The van der Waals surface area contributed by atoms with Gasteiger partial charge < -0.3 is 9.73 Å². The molecule has 1 aromatic carbocycles. The first kappa shape index (κ1) is 16.6. The maximum absolute atomic E-state index is 12.8. The van der Waals surface area contributed by atoms with Gasteiger partial charge in [0.1, 0.15) is 11.0 Å². The van der Waals surface area contributed by atoms with Crippen molar-refractivity contribution in [2.75, 3.05) is 6.54 Å². The van der Waals surface area contributed by atoms with Crippen molar-refractivity contribution in [1.29, 1.82) is 0 Å². The molecule has 1 amide bonds. The average molecular weight is 342 g/mol. The van der Waals surface area contributed by atoms with Crippen molar-refractivity contribution in [3.63, 3.8) is 0 Å². The third kappa shape index (κ3) is 3.69. The molecule has 2 aromatic rings. The number of halogens is 1. The van der Waals surface area contributed by atoms with E-state index in [1.807, 2.05) is 0 Å². The van der Waals surface area contributed by atoms with Gasteiger partial charge in [-0.1, -0.05) is 18.5 Å². The second kappa shape index (κ2) is 6.98. The fourth-order valence-electron chi connectivity index (χ4n) is 1.96. The number of amides is 1. The highest BCUT2D eigenvalue weighted by Crippen LogP contribution is 2.29. The molecule has 1 atom stereocenters. The Bertz CT molecular complexity index is 723. The molecule has 1 unspecified atom stereocenters. The van der Waals surface area contributed by atoms with Gasteiger partial charge in [0.05, 0.1) is 11.2 Å². The lowest BCUT2D eigenvalue weighted by atomic mass is 10.3. The van der Waals surface area contributed by atoms with Gasteiger partial charge in [0.25, 0.3) is 0 Å². The van der Waals surface area contributed by atoms with Crippen molar-refractivity contribution in [3.8, 4) is 0 Å². The summed E-state index contributed by atoms with van der Waals surface area (Å²) < 4.78 is 30.8. The van der Waals surface area contributed by atoms with Gasteiger partial charge in [-0.05, 0) is 36.4 Å².